The van der Waals surface area contributed by atoms with Gasteiger partial charge in [-0.05, 0) is 46.6 Å². The van der Waals surface area contributed by atoms with E-state index in [0.717, 1.165) is 29.3 Å². The van der Waals surface area contributed by atoms with Crippen molar-refractivity contribution in [3.63, 3.8) is 0 Å². The molecule has 7 nitrogen and oxygen atoms in total. The van der Waals surface area contributed by atoms with Gasteiger partial charge in [-0.3, -0.25) is 4.79 Å². The van der Waals surface area contributed by atoms with Crippen LogP contribution in [0.5, 0.6) is 5.75 Å². The van der Waals surface area contributed by atoms with Gasteiger partial charge >= 0.3 is 0 Å². The van der Waals surface area contributed by atoms with E-state index < -0.39 is 0 Å². The maximum atomic E-state index is 11.8. The number of phenols is 1. The standard InChI is InChI=1S/C19H21BrN4O2.CH4O/c1-2-16(26)24-8-7-11(10-24)18-17(20)13(19(22)23-18)9-14(21)12-5-3-4-6-15(12)25;1-2/h2-6,9,11,23,25H,1,7-8,10,21-22H2;2H,1H3/b14-9-;. The number of nitrogen functional groups attached to an aromatic ring is 1. The lowest BCUT2D eigenvalue weighted by molar-refractivity contribution is -0.125. The number of carbonyl (C=O) groups excluding carboxylic acids is 1. The molecule has 2 aromatic rings. The van der Waals surface area contributed by atoms with E-state index in [4.69, 9.17) is 16.6 Å². The van der Waals surface area contributed by atoms with Gasteiger partial charge in [0.1, 0.15) is 11.6 Å². The molecule has 7 N–H and O–H groups in total. The topological polar surface area (TPSA) is 129 Å². The number of amides is 1. The Hall–Kier alpha value is -2.71. The van der Waals surface area contributed by atoms with Crippen molar-refractivity contribution in [2.75, 3.05) is 25.9 Å². The van der Waals surface area contributed by atoms with Crippen LogP contribution in [0.4, 0.5) is 5.82 Å². The first kappa shape index (κ1) is 21.6. The molecule has 3 rings (SSSR count). The highest BCUT2D eigenvalue weighted by atomic mass is 79.9. The van der Waals surface area contributed by atoms with Crippen LogP contribution in [0.3, 0.4) is 0 Å². The number of nitrogens with zero attached hydrogens (tertiary/aromatic N) is 1. The molecule has 1 aromatic heterocycles. The number of halogens is 1. The molecule has 0 saturated carbocycles. The molecule has 1 unspecified atom stereocenters. The molecule has 28 heavy (non-hydrogen) atoms. The lowest BCUT2D eigenvalue weighted by atomic mass is 10.0. The Morgan fingerprint density at radius 1 is 1.39 bits per heavy atom. The molecule has 1 aromatic carbocycles. The van der Waals surface area contributed by atoms with E-state index in [2.05, 4.69) is 27.5 Å². The summed E-state index contributed by atoms with van der Waals surface area (Å²) in [5, 5.41) is 17.0. The summed E-state index contributed by atoms with van der Waals surface area (Å²) in [6.07, 6.45) is 3.91. The van der Waals surface area contributed by atoms with Crippen LogP contribution >= 0.6 is 15.9 Å². The Morgan fingerprint density at radius 3 is 2.71 bits per heavy atom. The predicted molar refractivity (Wildman–Crippen MR) is 115 cm³/mol. The Balaban J connectivity index is 0.00000136. The highest BCUT2D eigenvalue weighted by molar-refractivity contribution is 9.10. The number of hydrogen-bond acceptors (Lipinski definition) is 5. The molecule has 1 aliphatic heterocycles. The molecular weight excluding hydrogens is 424 g/mol. The number of hydrogen-bond donors (Lipinski definition) is 5. The second-order valence-corrected chi connectivity index (χ2v) is 7.06. The van der Waals surface area contributed by atoms with Gasteiger partial charge in [0.2, 0.25) is 5.91 Å². The van der Waals surface area contributed by atoms with Gasteiger partial charge in [-0.15, -0.1) is 0 Å². The van der Waals surface area contributed by atoms with Crippen LogP contribution in [-0.2, 0) is 4.79 Å². The van der Waals surface area contributed by atoms with Crippen molar-refractivity contribution >= 4 is 39.4 Å². The van der Waals surface area contributed by atoms with Crippen molar-refractivity contribution in [2.24, 2.45) is 5.73 Å². The fraction of sp³-hybridized carbons (Fsp3) is 0.250. The molecular formula is C20H25BrN4O3. The summed E-state index contributed by atoms with van der Waals surface area (Å²) in [4.78, 5) is 16.8. The molecule has 1 saturated heterocycles. The van der Waals surface area contributed by atoms with Crippen LogP contribution < -0.4 is 11.5 Å². The largest absolute Gasteiger partial charge is 0.507 e. The van der Waals surface area contributed by atoms with Crippen LogP contribution in [0, 0.1) is 0 Å². The number of aromatic hydroxyl groups is 1. The van der Waals surface area contributed by atoms with Crippen LogP contribution in [0.15, 0.2) is 41.4 Å². The normalized spacial score (nSPS) is 16.5. The van der Waals surface area contributed by atoms with Crippen molar-refractivity contribution in [2.45, 2.75) is 12.3 Å². The monoisotopic (exact) mass is 448 g/mol. The number of nitrogens with one attached hydrogen (secondary N) is 1. The van der Waals surface area contributed by atoms with Crippen LogP contribution in [0.2, 0.25) is 0 Å². The zero-order valence-corrected chi connectivity index (χ0v) is 17.2. The van der Waals surface area contributed by atoms with E-state index in [-0.39, 0.29) is 17.6 Å². The van der Waals surface area contributed by atoms with E-state index in [1.165, 1.54) is 6.08 Å². The van der Waals surface area contributed by atoms with Crippen molar-refractivity contribution in [1.29, 1.82) is 0 Å². The van der Waals surface area contributed by atoms with Crippen molar-refractivity contribution in [1.82, 2.24) is 9.88 Å². The summed E-state index contributed by atoms with van der Waals surface area (Å²) >= 11 is 3.61. The molecule has 0 bridgehead atoms. The van der Waals surface area contributed by atoms with Gasteiger partial charge < -0.3 is 31.6 Å². The van der Waals surface area contributed by atoms with Gasteiger partial charge in [0, 0.05) is 53.1 Å². The van der Waals surface area contributed by atoms with Crippen LogP contribution in [0.1, 0.15) is 29.2 Å². The highest BCUT2D eigenvalue weighted by Crippen LogP contribution is 2.38. The van der Waals surface area contributed by atoms with Crippen LogP contribution in [0.25, 0.3) is 11.8 Å². The first-order valence-electron chi connectivity index (χ1n) is 8.70. The third kappa shape index (κ3) is 4.40. The fourth-order valence-electron chi connectivity index (χ4n) is 3.23. The Labute approximate surface area is 172 Å². The van der Waals surface area contributed by atoms with Gasteiger partial charge in [0.15, 0.2) is 0 Å². The molecule has 2 heterocycles. The Kier molecular flexibility index (Phi) is 7.31. The average Bonchev–Trinajstić information content (AvgIpc) is 3.29. The number of carbonyl (C=O) groups is 1. The molecule has 0 aliphatic carbocycles. The maximum absolute atomic E-state index is 11.8. The van der Waals surface area contributed by atoms with Gasteiger partial charge in [-0.2, -0.15) is 0 Å². The molecule has 1 fully saturated rings. The van der Waals surface area contributed by atoms with E-state index >= 15 is 0 Å². The maximum Gasteiger partial charge on any atom is 0.245 e. The molecule has 150 valence electrons. The number of aromatic amines is 1. The number of aliphatic hydroxyl groups excluding tert-OH is 1. The zero-order chi connectivity index (χ0) is 20.8. The number of aromatic nitrogens is 1. The van der Waals surface area contributed by atoms with Crippen molar-refractivity contribution in [3.8, 4) is 5.75 Å². The molecule has 0 radical (unpaired) electrons. The second kappa shape index (κ2) is 9.48. The summed E-state index contributed by atoms with van der Waals surface area (Å²) in [5.41, 5.74) is 14.9. The Bertz CT molecular complexity index is 892. The zero-order valence-electron chi connectivity index (χ0n) is 15.7. The molecule has 1 aliphatic rings. The van der Waals surface area contributed by atoms with Gasteiger partial charge in [0.25, 0.3) is 0 Å². The van der Waals surface area contributed by atoms with E-state index in [0.29, 0.717) is 30.2 Å². The summed E-state index contributed by atoms with van der Waals surface area (Å²) in [6.45, 7) is 4.84. The fourth-order valence-corrected chi connectivity index (χ4v) is 3.98. The second-order valence-electron chi connectivity index (χ2n) is 6.27. The predicted octanol–water partition coefficient (Wildman–Crippen LogP) is 2.63. The lowest BCUT2D eigenvalue weighted by Gasteiger charge is -2.14. The third-order valence-corrected chi connectivity index (χ3v) is 5.48. The van der Waals surface area contributed by atoms with Crippen LogP contribution in [-0.4, -0.2) is 46.2 Å². The quantitative estimate of drug-likeness (QED) is 0.459. The lowest BCUT2D eigenvalue weighted by Crippen LogP contribution is -2.26. The summed E-state index contributed by atoms with van der Waals surface area (Å²) < 4.78 is 0.825. The summed E-state index contributed by atoms with van der Waals surface area (Å²) in [7, 11) is 1.00. The molecule has 1 atom stereocenters. The molecule has 8 heteroatoms. The molecule has 1 amide bonds. The number of aliphatic hydroxyl groups is 1. The first-order chi connectivity index (χ1) is 13.4. The number of para-hydroxylation sites is 1. The summed E-state index contributed by atoms with van der Waals surface area (Å²) in [6, 6.07) is 6.87. The van der Waals surface area contributed by atoms with Gasteiger partial charge in [0.05, 0.1) is 0 Å². The number of nitrogens with two attached hydrogens (primary N) is 2. The number of anilines is 1. The number of likely N-dealkylation sites (tertiary alicyclic amines) is 1. The Morgan fingerprint density at radius 2 is 2.07 bits per heavy atom. The highest BCUT2D eigenvalue weighted by Gasteiger charge is 2.29. The minimum absolute atomic E-state index is 0.0629. The number of benzene rings is 1. The summed E-state index contributed by atoms with van der Waals surface area (Å²) in [5.74, 6) is 0.691. The number of rotatable bonds is 4. The average molecular weight is 449 g/mol. The minimum atomic E-state index is -0.0629. The number of phenolic OH excluding ortho intramolecular Hbond substituents is 1. The SMILES string of the molecule is C=CC(=O)N1CCC(c2[nH]c(N)c(/C=C(\N)c3ccccc3O)c2Br)C1.CO. The van der Waals surface area contributed by atoms with Gasteiger partial charge in [-0.25, -0.2) is 0 Å². The van der Waals surface area contributed by atoms with E-state index in [1.54, 1.807) is 35.2 Å². The number of H-pyrrole nitrogens is 1. The van der Waals surface area contributed by atoms with E-state index in [9.17, 15) is 9.90 Å². The smallest absolute Gasteiger partial charge is 0.245 e. The van der Waals surface area contributed by atoms with Crippen molar-refractivity contribution in [3.05, 3.63) is 58.2 Å². The first-order valence-corrected chi connectivity index (χ1v) is 9.50. The van der Waals surface area contributed by atoms with E-state index in [1.807, 2.05) is 0 Å². The van der Waals surface area contributed by atoms with Crippen molar-refractivity contribution < 1.29 is 15.0 Å². The minimum Gasteiger partial charge on any atom is -0.507 e. The van der Waals surface area contributed by atoms with Gasteiger partial charge in [-0.1, -0.05) is 18.7 Å². The third-order valence-electron chi connectivity index (χ3n) is 4.63. The molecule has 0 spiro atoms.